The Morgan fingerprint density at radius 3 is 2.52 bits per heavy atom. The number of nitrogens with zero attached hydrogens (tertiary/aromatic N) is 3. The molecule has 6 heteroatoms. The second-order valence-corrected chi connectivity index (χ2v) is 7.34. The lowest BCUT2D eigenvalue weighted by Crippen LogP contribution is -2.55. The number of fused-ring (bicyclic) bond motifs is 3. The van der Waals surface area contributed by atoms with Gasteiger partial charge in [0.2, 0.25) is 5.91 Å². The number of carbonyl (C=O) groups is 2. The van der Waals surface area contributed by atoms with Crippen LogP contribution in [0.4, 0.5) is 0 Å². The Kier molecular flexibility index (Phi) is 4.07. The molecule has 0 spiro atoms. The number of rotatable bonds is 2. The molecular formula is C19H24N4O2. The van der Waals surface area contributed by atoms with Gasteiger partial charge < -0.3 is 10.2 Å². The summed E-state index contributed by atoms with van der Waals surface area (Å²) >= 11 is 0. The second-order valence-electron chi connectivity index (χ2n) is 7.34. The summed E-state index contributed by atoms with van der Waals surface area (Å²) in [6.45, 7) is 1.46. The summed E-state index contributed by atoms with van der Waals surface area (Å²) in [7, 11) is 2.20. The summed E-state index contributed by atoms with van der Waals surface area (Å²) in [5, 5.41) is 8.19. The van der Waals surface area contributed by atoms with Gasteiger partial charge in [0.25, 0.3) is 5.91 Å². The van der Waals surface area contributed by atoms with Gasteiger partial charge in [0.05, 0.1) is 5.52 Å². The molecule has 1 aromatic carbocycles. The Balaban J connectivity index is 1.58. The van der Waals surface area contributed by atoms with Crippen LogP contribution in [0.2, 0.25) is 0 Å². The summed E-state index contributed by atoms with van der Waals surface area (Å²) in [6.07, 6.45) is 5.69. The van der Waals surface area contributed by atoms with Gasteiger partial charge in [-0.3, -0.25) is 9.59 Å². The number of nitrogens with one attached hydrogen (secondary N) is 1. The molecule has 2 unspecified atom stereocenters. The molecule has 2 fully saturated rings. The highest BCUT2D eigenvalue weighted by atomic mass is 16.2. The predicted molar refractivity (Wildman–Crippen MR) is 95.7 cm³/mol. The van der Waals surface area contributed by atoms with Gasteiger partial charge in [-0.1, -0.05) is 24.6 Å². The molecule has 2 bridgehead atoms. The van der Waals surface area contributed by atoms with E-state index in [0.717, 1.165) is 18.2 Å². The molecule has 6 nitrogen and oxygen atoms in total. The van der Waals surface area contributed by atoms with Crippen LogP contribution >= 0.6 is 0 Å². The first kappa shape index (κ1) is 16.3. The van der Waals surface area contributed by atoms with E-state index in [9.17, 15) is 9.59 Å². The zero-order chi connectivity index (χ0) is 17.6. The summed E-state index contributed by atoms with van der Waals surface area (Å²) in [6, 6.07) is 8.68. The SMILES string of the molecule is CC(=O)n1nc(C(=O)NC2CC3CCCC(C2)N3C)c2ccccc21. The lowest BCUT2D eigenvalue weighted by Gasteiger charge is -2.47. The van der Waals surface area contributed by atoms with Gasteiger partial charge in [-0.15, -0.1) is 0 Å². The van der Waals surface area contributed by atoms with E-state index in [1.807, 2.05) is 24.3 Å². The van der Waals surface area contributed by atoms with Crippen molar-refractivity contribution in [3.8, 4) is 0 Å². The summed E-state index contributed by atoms with van der Waals surface area (Å²) < 4.78 is 1.31. The van der Waals surface area contributed by atoms with Crippen LogP contribution in [0.3, 0.4) is 0 Å². The molecule has 1 amide bonds. The molecule has 0 saturated carbocycles. The molecule has 0 radical (unpaired) electrons. The fraction of sp³-hybridized carbons (Fsp3) is 0.526. The molecule has 2 aromatic rings. The van der Waals surface area contributed by atoms with E-state index in [0.29, 0.717) is 23.3 Å². The molecule has 2 aliphatic heterocycles. The average molecular weight is 340 g/mol. The van der Waals surface area contributed by atoms with E-state index >= 15 is 0 Å². The van der Waals surface area contributed by atoms with Gasteiger partial charge in [0.1, 0.15) is 0 Å². The number of piperidine rings is 2. The second kappa shape index (κ2) is 6.26. The number of hydrogen-bond donors (Lipinski definition) is 1. The van der Waals surface area contributed by atoms with E-state index in [1.54, 1.807) is 0 Å². The Bertz CT molecular complexity index is 814. The van der Waals surface area contributed by atoms with Crippen molar-refractivity contribution in [3.63, 3.8) is 0 Å². The lowest BCUT2D eigenvalue weighted by atomic mass is 9.82. The first-order chi connectivity index (χ1) is 12.0. The van der Waals surface area contributed by atoms with Crippen molar-refractivity contribution in [1.82, 2.24) is 20.0 Å². The van der Waals surface area contributed by atoms with Crippen molar-refractivity contribution in [3.05, 3.63) is 30.0 Å². The summed E-state index contributed by atoms with van der Waals surface area (Å²) in [5.41, 5.74) is 1.02. The standard InChI is InChI=1S/C19H24N4O2/c1-12(24)23-17-9-4-3-8-16(17)18(21-23)19(25)20-13-10-14-6-5-7-15(11-13)22(14)2/h3-4,8-9,13-15H,5-7,10-11H2,1-2H3,(H,20,25). The fourth-order valence-electron chi connectivity index (χ4n) is 4.46. The van der Waals surface area contributed by atoms with Gasteiger partial charge in [-0.25, -0.2) is 0 Å². The monoisotopic (exact) mass is 340 g/mol. The third kappa shape index (κ3) is 2.84. The number of para-hydroxylation sites is 1. The van der Waals surface area contributed by atoms with Crippen molar-refractivity contribution in [1.29, 1.82) is 0 Å². The molecule has 25 heavy (non-hydrogen) atoms. The number of amides is 1. The van der Waals surface area contributed by atoms with Gasteiger partial charge in [-0.2, -0.15) is 9.78 Å². The topological polar surface area (TPSA) is 67.2 Å². The molecule has 2 atom stereocenters. The highest BCUT2D eigenvalue weighted by Crippen LogP contribution is 2.32. The zero-order valence-electron chi connectivity index (χ0n) is 14.7. The van der Waals surface area contributed by atoms with E-state index in [-0.39, 0.29) is 17.9 Å². The predicted octanol–water partition coefficient (Wildman–Crippen LogP) is 2.44. The minimum Gasteiger partial charge on any atom is -0.348 e. The number of benzene rings is 1. The van der Waals surface area contributed by atoms with Gasteiger partial charge in [0.15, 0.2) is 5.69 Å². The quantitative estimate of drug-likeness (QED) is 0.912. The average Bonchev–Trinajstić information content (AvgIpc) is 2.96. The Hall–Kier alpha value is -2.21. The maximum Gasteiger partial charge on any atom is 0.272 e. The number of carbonyl (C=O) groups excluding carboxylic acids is 2. The summed E-state index contributed by atoms with van der Waals surface area (Å²) in [5.74, 6) is -0.368. The number of hydrogen-bond acceptors (Lipinski definition) is 4. The molecule has 1 aromatic heterocycles. The van der Waals surface area contributed by atoms with Crippen molar-refractivity contribution < 1.29 is 9.59 Å². The van der Waals surface area contributed by atoms with Crippen molar-refractivity contribution in [2.75, 3.05) is 7.05 Å². The largest absolute Gasteiger partial charge is 0.348 e. The normalized spacial score (nSPS) is 26.6. The maximum atomic E-state index is 12.9. The van der Waals surface area contributed by atoms with Crippen LogP contribution in [0, 0.1) is 0 Å². The van der Waals surface area contributed by atoms with Crippen LogP contribution in [0.5, 0.6) is 0 Å². The fourth-order valence-corrected chi connectivity index (χ4v) is 4.46. The Labute approximate surface area is 147 Å². The van der Waals surface area contributed by atoms with E-state index in [1.165, 1.54) is 30.9 Å². The van der Waals surface area contributed by atoms with Crippen LogP contribution in [0.1, 0.15) is 54.3 Å². The van der Waals surface area contributed by atoms with Crippen LogP contribution in [0.25, 0.3) is 10.9 Å². The third-order valence-electron chi connectivity index (χ3n) is 5.78. The molecule has 3 heterocycles. The van der Waals surface area contributed by atoms with Crippen LogP contribution < -0.4 is 5.32 Å². The van der Waals surface area contributed by atoms with Crippen LogP contribution in [0.15, 0.2) is 24.3 Å². The van der Waals surface area contributed by atoms with Gasteiger partial charge >= 0.3 is 0 Å². The molecule has 2 aliphatic rings. The van der Waals surface area contributed by atoms with Crippen molar-refractivity contribution >= 4 is 22.7 Å². The van der Waals surface area contributed by atoms with E-state index in [2.05, 4.69) is 22.4 Å². The molecule has 0 aliphatic carbocycles. The minimum absolute atomic E-state index is 0.177. The molecule has 2 saturated heterocycles. The Morgan fingerprint density at radius 1 is 1.16 bits per heavy atom. The number of aromatic nitrogens is 2. The maximum absolute atomic E-state index is 12.9. The van der Waals surface area contributed by atoms with Crippen LogP contribution in [-0.2, 0) is 0 Å². The van der Waals surface area contributed by atoms with Gasteiger partial charge in [-0.05, 0) is 38.8 Å². The van der Waals surface area contributed by atoms with E-state index in [4.69, 9.17) is 0 Å². The first-order valence-corrected chi connectivity index (χ1v) is 9.06. The highest BCUT2D eigenvalue weighted by Gasteiger charge is 2.36. The minimum atomic E-state index is -0.191. The smallest absolute Gasteiger partial charge is 0.272 e. The molecule has 1 N–H and O–H groups in total. The highest BCUT2D eigenvalue weighted by molar-refractivity contribution is 6.06. The van der Waals surface area contributed by atoms with E-state index < -0.39 is 0 Å². The zero-order valence-corrected chi connectivity index (χ0v) is 14.7. The summed E-state index contributed by atoms with van der Waals surface area (Å²) in [4.78, 5) is 27.1. The molecule has 4 rings (SSSR count). The van der Waals surface area contributed by atoms with Gasteiger partial charge in [0, 0.05) is 30.4 Å². The van der Waals surface area contributed by atoms with Crippen molar-refractivity contribution in [2.45, 2.75) is 57.2 Å². The molecule has 132 valence electrons. The lowest BCUT2D eigenvalue weighted by molar-refractivity contribution is 0.0462. The Morgan fingerprint density at radius 2 is 1.84 bits per heavy atom. The third-order valence-corrected chi connectivity index (χ3v) is 5.78. The van der Waals surface area contributed by atoms with Crippen LogP contribution in [-0.4, -0.2) is 51.7 Å². The first-order valence-electron chi connectivity index (χ1n) is 9.06. The van der Waals surface area contributed by atoms with Crippen molar-refractivity contribution in [2.24, 2.45) is 0 Å². The molecular weight excluding hydrogens is 316 g/mol.